The summed E-state index contributed by atoms with van der Waals surface area (Å²) in [5.74, 6) is 0.901. The van der Waals surface area contributed by atoms with Crippen LogP contribution < -0.4 is 10.2 Å². The minimum Gasteiger partial charge on any atom is -0.357 e. The predicted molar refractivity (Wildman–Crippen MR) is 123 cm³/mol. The van der Waals surface area contributed by atoms with Gasteiger partial charge in [0.15, 0.2) is 5.65 Å². The lowest BCUT2D eigenvalue weighted by molar-refractivity contribution is 0.0952. The average molecular weight is 421 g/mol. The van der Waals surface area contributed by atoms with Crippen molar-refractivity contribution in [2.45, 2.75) is 65.5 Å². The van der Waals surface area contributed by atoms with Crippen molar-refractivity contribution in [3.8, 4) is 0 Å². The number of aryl methyl sites for hydroxylation is 1. The van der Waals surface area contributed by atoms with Gasteiger partial charge in [-0.15, -0.1) is 0 Å². The van der Waals surface area contributed by atoms with E-state index < -0.39 is 0 Å². The van der Waals surface area contributed by atoms with Crippen molar-refractivity contribution in [1.82, 2.24) is 25.1 Å². The van der Waals surface area contributed by atoms with Crippen LogP contribution in [0.1, 0.15) is 73.6 Å². The van der Waals surface area contributed by atoms with Crippen molar-refractivity contribution in [1.29, 1.82) is 0 Å². The monoisotopic (exact) mass is 420 g/mol. The van der Waals surface area contributed by atoms with Crippen molar-refractivity contribution in [2.24, 2.45) is 0 Å². The van der Waals surface area contributed by atoms with Crippen LogP contribution in [0.4, 0.5) is 5.82 Å². The van der Waals surface area contributed by atoms with Crippen LogP contribution >= 0.6 is 0 Å². The van der Waals surface area contributed by atoms with Crippen LogP contribution in [-0.2, 0) is 6.54 Å². The van der Waals surface area contributed by atoms with Crippen LogP contribution in [0.15, 0.2) is 30.6 Å². The second kappa shape index (κ2) is 9.45. The SMILES string of the molecule is CCC(C)n1ncc2c(C(=O)NCc3ccnc(N4CCCCCC4)c3)cc(C)nc21. The molecule has 0 aliphatic carbocycles. The molecule has 1 amide bonds. The molecule has 0 aromatic carbocycles. The second-order valence-corrected chi connectivity index (χ2v) is 8.50. The van der Waals surface area contributed by atoms with Crippen molar-refractivity contribution in [2.75, 3.05) is 18.0 Å². The molecule has 1 saturated heterocycles. The lowest BCUT2D eigenvalue weighted by Gasteiger charge is -2.21. The van der Waals surface area contributed by atoms with E-state index in [1.165, 1.54) is 25.7 Å². The maximum Gasteiger partial charge on any atom is 0.252 e. The van der Waals surface area contributed by atoms with Gasteiger partial charge in [0, 0.05) is 31.5 Å². The molecule has 4 heterocycles. The van der Waals surface area contributed by atoms with Crippen molar-refractivity contribution >= 4 is 22.8 Å². The Morgan fingerprint density at radius 1 is 1.19 bits per heavy atom. The quantitative estimate of drug-likeness (QED) is 0.639. The van der Waals surface area contributed by atoms with Gasteiger partial charge >= 0.3 is 0 Å². The van der Waals surface area contributed by atoms with E-state index in [4.69, 9.17) is 0 Å². The van der Waals surface area contributed by atoms with E-state index in [2.05, 4.69) is 45.2 Å². The van der Waals surface area contributed by atoms with E-state index >= 15 is 0 Å². The summed E-state index contributed by atoms with van der Waals surface area (Å²) in [6.45, 7) is 8.72. The molecule has 7 nitrogen and oxygen atoms in total. The standard InChI is InChI=1S/C24H32N6O/c1-4-18(3)30-23-21(16-27-30)20(13-17(2)28-23)24(31)26-15-19-9-10-25-22(14-19)29-11-7-5-6-8-12-29/h9-10,13-14,16,18H,4-8,11-12,15H2,1-3H3,(H,26,31). The molecule has 3 aromatic heterocycles. The highest BCUT2D eigenvalue weighted by Crippen LogP contribution is 2.23. The summed E-state index contributed by atoms with van der Waals surface area (Å²) >= 11 is 0. The van der Waals surface area contributed by atoms with Gasteiger partial charge in [0.25, 0.3) is 5.91 Å². The summed E-state index contributed by atoms with van der Waals surface area (Å²) in [5.41, 5.74) is 3.26. The van der Waals surface area contributed by atoms with Gasteiger partial charge in [-0.3, -0.25) is 4.79 Å². The summed E-state index contributed by atoms with van der Waals surface area (Å²) in [5, 5.41) is 8.37. The van der Waals surface area contributed by atoms with Gasteiger partial charge < -0.3 is 10.2 Å². The highest BCUT2D eigenvalue weighted by molar-refractivity contribution is 6.05. The van der Waals surface area contributed by atoms with Gasteiger partial charge in [-0.05, 0) is 56.9 Å². The van der Waals surface area contributed by atoms with Crippen molar-refractivity contribution < 1.29 is 4.79 Å². The molecule has 1 atom stereocenters. The van der Waals surface area contributed by atoms with Crippen molar-refractivity contribution in [3.05, 3.63) is 47.4 Å². The first-order valence-corrected chi connectivity index (χ1v) is 11.4. The summed E-state index contributed by atoms with van der Waals surface area (Å²) in [4.78, 5) is 24.6. The molecule has 1 unspecified atom stereocenters. The first-order valence-electron chi connectivity index (χ1n) is 11.4. The third-order valence-electron chi connectivity index (χ3n) is 6.14. The van der Waals surface area contributed by atoms with E-state index in [-0.39, 0.29) is 11.9 Å². The molecule has 0 radical (unpaired) electrons. The molecule has 1 N–H and O–H groups in total. The normalized spacial score (nSPS) is 15.6. The second-order valence-electron chi connectivity index (χ2n) is 8.50. The largest absolute Gasteiger partial charge is 0.357 e. The molecule has 164 valence electrons. The van der Waals surface area contributed by atoms with Gasteiger partial charge in [0.2, 0.25) is 0 Å². The third kappa shape index (κ3) is 4.70. The Hall–Kier alpha value is -2.96. The summed E-state index contributed by atoms with van der Waals surface area (Å²) in [6.07, 6.45) is 9.56. The number of hydrogen-bond acceptors (Lipinski definition) is 5. The molecule has 3 aromatic rings. The number of carbonyl (C=O) groups excluding carboxylic acids is 1. The smallest absolute Gasteiger partial charge is 0.252 e. The number of carbonyl (C=O) groups is 1. The molecular weight excluding hydrogens is 388 g/mol. The van der Waals surface area contributed by atoms with Crippen LogP contribution in [0.3, 0.4) is 0 Å². The zero-order valence-electron chi connectivity index (χ0n) is 18.8. The molecule has 1 aliphatic rings. The van der Waals surface area contributed by atoms with Gasteiger partial charge in [0.1, 0.15) is 5.82 Å². The molecule has 0 bridgehead atoms. The van der Waals surface area contributed by atoms with E-state index in [1.807, 2.05) is 29.9 Å². The number of nitrogens with zero attached hydrogens (tertiary/aromatic N) is 5. The fourth-order valence-electron chi connectivity index (χ4n) is 4.15. The number of fused-ring (bicyclic) bond motifs is 1. The summed E-state index contributed by atoms with van der Waals surface area (Å²) in [7, 11) is 0. The molecule has 31 heavy (non-hydrogen) atoms. The van der Waals surface area contributed by atoms with Gasteiger partial charge in [-0.25, -0.2) is 14.6 Å². The van der Waals surface area contributed by atoms with Gasteiger partial charge in [-0.2, -0.15) is 5.10 Å². The lowest BCUT2D eigenvalue weighted by Crippen LogP contribution is -2.26. The first-order chi connectivity index (χ1) is 15.1. The Bertz CT molecular complexity index is 1050. The molecule has 1 aliphatic heterocycles. The predicted octanol–water partition coefficient (Wildman–Crippen LogP) is 4.42. The van der Waals surface area contributed by atoms with E-state index in [0.29, 0.717) is 12.1 Å². The van der Waals surface area contributed by atoms with Crippen LogP contribution in [0.25, 0.3) is 11.0 Å². The fourth-order valence-corrected chi connectivity index (χ4v) is 4.15. The maximum atomic E-state index is 13.1. The third-order valence-corrected chi connectivity index (χ3v) is 6.14. The van der Waals surface area contributed by atoms with E-state index in [1.54, 1.807) is 6.20 Å². The van der Waals surface area contributed by atoms with Gasteiger partial charge in [0.05, 0.1) is 23.2 Å². The zero-order chi connectivity index (χ0) is 21.8. The molecule has 7 heteroatoms. The number of anilines is 1. The Morgan fingerprint density at radius 2 is 1.97 bits per heavy atom. The number of rotatable bonds is 6. The number of nitrogens with one attached hydrogen (secondary N) is 1. The minimum absolute atomic E-state index is 0.104. The zero-order valence-corrected chi connectivity index (χ0v) is 18.8. The molecule has 4 rings (SSSR count). The highest BCUT2D eigenvalue weighted by atomic mass is 16.1. The Balaban J connectivity index is 1.51. The summed E-state index contributed by atoms with van der Waals surface area (Å²) in [6, 6.07) is 6.14. The molecule has 0 saturated carbocycles. The molecular formula is C24H32N6O. The highest BCUT2D eigenvalue weighted by Gasteiger charge is 2.18. The Kier molecular flexibility index (Phi) is 6.49. The number of aromatic nitrogens is 4. The van der Waals surface area contributed by atoms with Crippen LogP contribution in [0.5, 0.6) is 0 Å². The Morgan fingerprint density at radius 3 is 2.71 bits per heavy atom. The number of hydrogen-bond donors (Lipinski definition) is 1. The maximum absolute atomic E-state index is 13.1. The summed E-state index contributed by atoms with van der Waals surface area (Å²) < 4.78 is 1.91. The Labute approximate surface area is 183 Å². The number of amides is 1. The van der Waals surface area contributed by atoms with Crippen molar-refractivity contribution in [3.63, 3.8) is 0 Å². The van der Waals surface area contributed by atoms with E-state index in [9.17, 15) is 4.79 Å². The van der Waals surface area contributed by atoms with Crippen LogP contribution in [-0.4, -0.2) is 38.7 Å². The molecule has 1 fully saturated rings. The average Bonchev–Trinajstić information content (AvgIpc) is 3.02. The van der Waals surface area contributed by atoms with Gasteiger partial charge in [-0.1, -0.05) is 19.8 Å². The van der Waals surface area contributed by atoms with Crippen LogP contribution in [0, 0.1) is 6.92 Å². The van der Waals surface area contributed by atoms with Crippen LogP contribution in [0.2, 0.25) is 0 Å². The van der Waals surface area contributed by atoms with E-state index in [0.717, 1.165) is 47.6 Å². The minimum atomic E-state index is -0.104. The number of pyridine rings is 2. The molecule has 0 spiro atoms. The fraction of sp³-hybridized carbons (Fsp3) is 0.500. The lowest BCUT2D eigenvalue weighted by atomic mass is 10.1. The topological polar surface area (TPSA) is 75.9 Å². The first kappa shape index (κ1) is 21.3.